The molecule has 2 fully saturated rings. The number of likely N-dealkylation sites (tertiary alicyclic amines) is 1. The van der Waals surface area contributed by atoms with E-state index in [9.17, 15) is 18.0 Å². The van der Waals surface area contributed by atoms with Crippen LogP contribution in [0, 0.1) is 11.8 Å². The van der Waals surface area contributed by atoms with Gasteiger partial charge in [0.1, 0.15) is 5.75 Å². The largest absolute Gasteiger partial charge is 0.494 e. The molecule has 0 spiro atoms. The molecule has 32 heavy (non-hydrogen) atoms. The van der Waals surface area contributed by atoms with Gasteiger partial charge in [0.2, 0.25) is 0 Å². The molecule has 0 aromatic heterocycles. The predicted octanol–water partition coefficient (Wildman–Crippen LogP) is 5.14. The minimum Gasteiger partial charge on any atom is -0.494 e. The third-order valence-corrected chi connectivity index (χ3v) is 6.54. The lowest BCUT2D eigenvalue weighted by molar-refractivity contribution is -0.137. The van der Waals surface area contributed by atoms with E-state index in [-0.39, 0.29) is 12.5 Å². The van der Waals surface area contributed by atoms with Gasteiger partial charge in [0.25, 0.3) is 5.91 Å². The van der Waals surface area contributed by atoms with Crippen LogP contribution in [0.1, 0.15) is 47.2 Å². The number of benzene rings is 2. The number of carbonyl (C=O) groups is 1. The summed E-state index contributed by atoms with van der Waals surface area (Å²) in [4.78, 5) is 14.9. The molecule has 4 rings (SSSR count). The lowest BCUT2D eigenvalue weighted by Crippen LogP contribution is -2.24. The molecule has 1 aliphatic heterocycles. The standard InChI is InChI=1S/C25H29F3N2O2/c26-25(27,28)22-9-5-18(6-10-22)15-29-24(31)19-7-11-23(12-8-19)32-14-2-13-30-16-20-3-1-4-21(20)17-30/h5-12,20-21H,1-4,13-17H2,(H,29,31). The summed E-state index contributed by atoms with van der Waals surface area (Å²) in [6, 6.07) is 11.7. The lowest BCUT2D eigenvalue weighted by Gasteiger charge is -2.16. The van der Waals surface area contributed by atoms with E-state index >= 15 is 0 Å². The molecule has 2 aliphatic rings. The van der Waals surface area contributed by atoms with E-state index < -0.39 is 11.7 Å². The molecule has 0 bridgehead atoms. The highest BCUT2D eigenvalue weighted by atomic mass is 19.4. The molecular weight excluding hydrogens is 417 g/mol. The molecule has 2 atom stereocenters. The Kier molecular flexibility index (Phi) is 7.04. The van der Waals surface area contributed by atoms with Gasteiger partial charge in [-0.15, -0.1) is 0 Å². The smallest absolute Gasteiger partial charge is 0.416 e. The van der Waals surface area contributed by atoms with Crippen molar-refractivity contribution in [1.82, 2.24) is 10.2 Å². The molecule has 1 amide bonds. The first-order chi connectivity index (χ1) is 15.4. The summed E-state index contributed by atoms with van der Waals surface area (Å²) in [5, 5.41) is 2.73. The predicted molar refractivity (Wildman–Crippen MR) is 116 cm³/mol. The number of hydrogen-bond donors (Lipinski definition) is 1. The first-order valence-corrected chi connectivity index (χ1v) is 11.3. The fourth-order valence-corrected chi connectivity index (χ4v) is 4.79. The van der Waals surface area contributed by atoms with Crippen molar-refractivity contribution in [1.29, 1.82) is 0 Å². The van der Waals surface area contributed by atoms with Gasteiger partial charge in [-0.1, -0.05) is 18.6 Å². The zero-order chi connectivity index (χ0) is 22.6. The van der Waals surface area contributed by atoms with Crippen LogP contribution < -0.4 is 10.1 Å². The summed E-state index contributed by atoms with van der Waals surface area (Å²) in [6.07, 6.45) is 0.799. The third kappa shape index (κ3) is 5.82. The molecular formula is C25H29F3N2O2. The minimum atomic E-state index is -4.36. The zero-order valence-electron chi connectivity index (χ0n) is 18.0. The van der Waals surface area contributed by atoms with Crippen molar-refractivity contribution in [3.8, 4) is 5.75 Å². The molecule has 1 saturated heterocycles. The highest BCUT2D eigenvalue weighted by Crippen LogP contribution is 2.37. The summed E-state index contributed by atoms with van der Waals surface area (Å²) >= 11 is 0. The number of nitrogens with one attached hydrogen (secondary N) is 1. The topological polar surface area (TPSA) is 41.6 Å². The number of alkyl halides is 3. The second-order valence-corrected chi connectivity index (χ2v) is 8.81. The van der Waals surface area contributed by atoms with Crippen LogP contribution >= 0.6 is 0 Å². The van der Waals surface area contributed by atoms with E-state index in [1.807, 2.05) is 0 Å². The van der Waals surface area contributed by atoms with Gasteiger partial charge < -0.3 is 15.0 Å². The number of rotatable bonds is 8. The number of hydrogen-bond acceptors (Lipinski definition) is 3. The highest BCUT2D eigenvalue weighted by Gasteiger charge is 2.35. The van der Waals surface area contributed by atoms with E-state index in [0.29, 0.717) is 17.7 Å². The Labute approximate surface area is 186 Å². The van der Waals surface area contributed by atoms with Gasteiger partial charge in [-0.3, -0.25) is 4.79 Å². The summed E-state index contributed by atoms with van der Waals surface area (Å²) in [5.74, 6) is 2.27. The Morgan fingerprint density at radius 1 is 1.00 bits per heavy atom. The molecule has 1 aliphatic carbocycles. The van der Waals surface area contributed by atoms with Crippen LogP contribution in [0.15, 0.2) is 48.5 Å². The first-order valence-electron chi connectivity index (χ1n) is 11.3. The molecule has 1 saturated carbocycles. The molecule has 1 heterocycles. The van der Waals surface area contributed by atoms with Crippen LogP contribution in [-0.2, 0) is 12.7 Å². The maximum absolute atomic E-state index is 12.6. The molecule has 4 nitrogen and oxygen atoms in total. The fraction of sp³-hybridized carbons (Fsp3) is 0.480. The summed E-state index contributed by atoms with van der Waals surface area (Å²) < 4.78 is 43.7. The molecule has 172 valence electrons. The van der Waals surface area contributed by atoms with Crippen molar-refractivity contribution in [2.24, 2.45) is 11.8 Å². The molecule has 7 heteroatoms. The zero-order valence-corrected chi connectivity index (χ0v) is 18.0. The average Bonchev–Trinajstić information content (AvgIpc) is 3.37. The van der Waals surface area contributed by atoms with Crippen LogP contribution in [-0.4, -0.2) is 37.0 Å². The molecule has 0 radical (unpaired) electrons. The van der Waals surface area contributed by atoms with E-state index in [1.54, 1.807) is 24.3 Å². The Morgan fingerprint density at radius 3 is 2.28 bits per heavy atom. The van der Waals surface area contributed by atoms with Crippen LogP contribution in [0.5, 0.6) is 5.75 Å². The number of carbonyl (C=O) groups excluding carboxylic acids is 1. The van der Waals surface area contributed by atoms with E-state index in [4.69, 9.17) is 4.74 Å². The van der Waals surface area contributed by atoms with Crippen LogP contribution in [0.4, 0.5) is 13.2 Å². The van der Waals surface area contributed by atoms with Gasteiger partial charge in [-0.25, -0.2) is 0 Å². The van der Waals surface area contributed by atoms with Crippen LogP contribution in [0.2, 0.25) is 0 Å². The van der Waals surface area contributed by atoms with Crippen molar-refractivity contribution < 1.29 is 22.7 Å². The van der Waals surface area contributed by atoms with Crippen molar-refractivity contribution in [3.63, 3.8) is 0 Å². The number of fused-ring (bicyclic) bond motifs is 1. The number of halogens is 3. The Balaban J connectivity index is 1.16. The first kappa shape index (κ1) is 22.6. The molecule has 1 N–H and O–H groups in total. The maximum atomic E-state index is 12.6. The highest BCUT2D eigenvalue weighted by molar-refractivity contribution is 5.94. The second-order valence-electron chi connectivity index (χ2n) is 8.81. The minimum absolute atomic E-state index is 0.160. The maximum Gasteiger partial charge on any atom is 0.416 e. The van der Waals surface area contributed by atoms with E-state index in [2.05, 4.69) is 10.2 Å². The Bertz CT molecular complexity index is 885. The van der Waals surface area contributed by atoms with Gasteiger partial charge in [-0.2, -0.15) is 13.2 Å². The van der Waals surface area contributed by atoms with Crippen molar-refractivity contribution in [2.45, 2.75) is 38.4 Å². The van der Waals surface area contributed by atoms with Gasteiger partial charge in [-0.05, 0) is 73.1 Å². The molecule has 2 aromatic rings. The van der Waals surface area contributed by atoms with Gasteiger partial charge in [0, 0.05) is 31.7 Å². The second kappa shape index (κ2) is 9.94. The molecule has 2 aromatic carbocycles. The van der Waals surface area contributed by atoms with E-state index in [1.165, 1.54) is 44.5 Å². The quantitative estimate of drug-likeness (QED) is 0.571. The summed E-state index contributed by atoms with van der Waals surface area (Å²) in [5.41, 5.74) is 0.381. The normalized spacial score (nSPS) is 20.8. The number of ether oxygens (including phenoxy) is 1. The number of nitrogens with zero attached hydrogens (tertiary/aromatic N) is 1. The summed E-state index contributed by atoms with van der Waals surface area (Å²) in [7, 11) is 0. The van der Waals surface area contributed by atoms with Crippen LogP contribution in [0.25, 0.3) is 0 Å². The molecule has 2 unspecified atom stereocenters. The van der Waals surface area contributed by atoms with E-state index in [0.717, 1.165) is 42.7 Å². The lowest BCUT2D eigenvalue weighted by atomic mass is 10.0. The van der Waals surface area contributed by atoms with Gasteiger partial charge in [0.05, 0.1) is 12.2 Å². The monoisotopic (exact) mass is 446 g/mol. The van der Waals surface area contributed by atoms with Gasteiger partial charge in [0.15, 0.2) is 0 Å². The Hall–Kier alpha value is -2.54. The average molecular weight is 447 g/mol. The van der Waals surface area contributed by atoms with Crippen molar-refractivity contribution >= 4 is 5.91 Å². The summed E-state index contributed by atoms with van der Waals surface area (Å²) in [6.45, 7) is 4.35. The van der Waals surface area contributed by atoms with Crippen LogP contribution in [0.3, 0.4) is 0 Å². The Morgan fingerprint density at radius 2 is 1.66 bits per heavy atom. The van der Waals surface area contributed by atoms with Crippen molar-refractivity contribution in [2.75, 3.05) is 26.2 Å². The van der Waals surface area contributed by atoms with Gasteiger partial charge >= 0.3 is 6.18 Å². The third-order valence-electron chi connectivity index (χ3n) is 6.54. The fourth-order valence-electron chi connectivity index (χ4n) is 4.79. The SMILES string of the molecule is O=C(NCc1ccc(C(F)(F)F)cc1)c1ccc(OCCCN2CC3CCCC3C2)cc1. The van der Waals surface area contributed by atoms with Crippen molar-refractivity contribution in [3.05, 3.63) is 65.2 Å². The number of amides is 1.